The summed E-state index contributed by atoms with van der Waals surface area (Å²) < 4.78 is 7.87. The molecule has 0 radical (unpaired) electrons. The number of hydrogen-bond donors (Lipinski definition) is 0. The Morgan fingerprint density at radius 2 is 1.78 bits per heavy atom. The third kappa shape index (κ3) is 4.31. The van der Waals surface area contributed by atoms with Crippen LogP contribution in [0.15, 0.2) is 66.9 Å². The van der Waals surface area contributed by atoms with Crippen molar-refractivity contribution in [3.8, 4) is 17.0 Å². The summed E-state index contributed by atoms with van der Waals surface area (Å²) in [5, 5.41) is 11.4. The number of aromatic nitrogens is 1. The molecule has 5 nitrogen and oxygen atoms in total. The van der Waals surface area contributed by atoms with Crippen LogP contribution in [0.1, 0.15) is 25.0 Å². The van der Waals surface area contributed by atoms with Gasteiger partial charge < -0.3 is 4.74 Å². The maximum atomic E-state index is 11.4. The topological polar surface area (TPSA) is 56.3 Å². The zero-order chi connectivity index (χ0) is 19.4. The highest BCUT2D eigenvalue weighted by Gasteiger charge is 2.23. The molecule has 0 saturated heterocycles. The molecule has 0 aliphatic heterocycles. The van der Waals surface area contributed by atoms with Gasteiger partial charge in [-0.15, -0.1) is 0 Å². The van der Waals surface area contributed by atoms with E-state index in [1.807, 2.05) is 63.4 Å². The van der Waals surface area contributed by atoms with E-state index in [-0.39, 0.29) is 11.8 Å². The number of benzene rings is 2. The molecule has 0 aliphatic rings. The molecule has 0 saturated carbocycles. The van der Waals surface area contributed by atoms with Crippen LogP contribution >= 0.6 is 0 Å². The van der Waals surface area contributed by atoms with Crippen LogP contribution in [0.3, 0.4) is 0 Å². The van der Waals surface area contributed by atoms with Crippen molar-refractivity contribution in [3.63, 3.8) is 0 Å². The van der Waals surface area contributed by atoms with Gasteiger partial charge >= 0.3 is 5.69 Å². The molecule has 2 aromatic carbocycles. The SMILES string of the molecule is Cc1cc([N+](=O)[O-])c(OC(C)C)cc1-c1cccc[n+]1Cc1ccccc1. The van der Waals surface area contributed by atoms with Crippen LogP contribution in [0.5, 0.6) is 5.75 Å². The average Bonchev–Trinajstić information content (AvgIpc) is 2.64. The normalized spacial score (nSPS) is 10.8. The average molecular weight is 363 g/mol. The molecule has 138 valence electrons. The molecular formula is C22H23N2O3+. The van der Waals surface area contributed by atoms with Gasteiger partial charge in [0.25, 0.3) is 0 Å². The first kappa shape index (κ1) is 18.6. The minimum absolute atomic E-state index is 0.00418. The van der Waals surface area contributed by atoms with Crippen LogP contribution in [-0.2, 0) is 6.54 Å². The van der Waals surface area contributed by atoms with Gasteiger partial charge in [0.2, 0.25) is 5.69 Å². The van der Waals surface area contributed by atoms with Crippen LogP contribution in [0.25, 0.3) is 11.3 Å². The van der Waals surface area contributed by atoms with Crippen LogP contribution in [0.2, 0.25) is 0 Å². The maximum absolute atomic E-state index is 11.4. The molecular weight excluding hydrogens is 340 g/mol. The Hall–Kier alpha value is -3.21. The fourth-order valence-corrected chi connectivity index (χ4v) is 3.08. The molecule has 1 aromatic heterocycles. The van der Waals surface area contributed by atoms with Crippen molar-refractivity contribution < 1.29 is 14.2 Å². The summed E-state index contributed by atoms with van der Waals surface area (Å²) in [4.78, 5) is 11.0. The Balaban J connectivity index is 2.10. The highest BCUT2D eigenvalue weighted by Crippen LogP contribution is 2.35. The van der Waals surface area contributed by atoms with Gasteiger partial charge in [0.05, 0.1) is 16.6 Å². The van der Waals surface area contributed by atoms with Crippen LogP contribution in [0, 0.1) is 17.0 Å². The summed E-state index contributed by atoms with van der Waals surface area (Å²) in [6, 6.07) is 19.6. The Morgan fingerprint density at radius 1 is 1.07 bits per heavy atom. The summed E-state index contributed by atoms with van der Waals surface area (Å²) in [6.07, 6.45) is 1.87. The van der Waals surface area contributed by atoms with E-state index in [2.05, 4.69) is 16.7 Å². The first-order chi connectivity index (χ1) is 13.0. The molecule has 0 bridgehead atoms. The van der Waals surface area contributed by atoms with Crippen LogP contribution < -0.4 is 9.30 Å². The van der Waals surface area contributed by atoms with Crippen molar-refractivity contribution in [1.82, 2.24) is 0 Å². The van der Waals surface area contributed by atoms with Crippen molar-refractivity contribution in [2.75, 3.05) is 0 Å². The molecule has 3 rings (SSSR count). The van der Waals surface area contributed by atoms with Gasteiger partial charge in [-0.05, 0) is 32.4 Å². The van der Waals surface area contributed by atoms with E-state index in [1.54, 1.807) is 12.1 Å². The second-order valence-electron chi connectivity index (χ2n) is 6.76. The summed E-state index contributed by atoms with van der Waals surface area (Å²) in [6.45, 7) is 6.33. The maximum Gasteiger partial charge on any atom is 0.311 e. The smallest absolute Gasteiger partial charge is 0.311 e. The Bertz CT molecular complexity index is 953. The zero-order valence-corrected chi connectivity index (χ0v) is 15.8. The molecule has 0 spiro atoms. The molecule has 3 aromatic rings. The third-order valence-electron chi connectivity index (χ3n) is 4.28. The second-order valence-corrected chi connectivity index (χ2v) is 6.76. The van der Waals surface area contributed by atoms with Gasteiger partial charge in [0.1, 0.15) is 0 Å². The van der Waals surface area contributed by atoms with Crippen molar-refractivity contribution in [1.29, 1.82) is 0 Å². The first-order valence-corrected chi connectivity index (χ1v) is 8.94. The van der Waals surface area contributed by atoms with Gasteiger partial charge in [-0.25, -0.2) is 0 Å². The lowest BCUT2D eigenvalue weighted by atomic mass is 10.0. The predicted molar refractivity (Wildman–Crippen MR) is 105 cm³/mol. The van der Waals surface area contributed by atoms with E-state index < -0.39 is 4.92 Å². The predicted octanol–water partition coefficient (Wildman–Crippen LogP) is 4.69. The lowest BCUT2D eigenvalue weighted by molar-refractivity contribution is -0.677. The fraction of sp³-hybridized carbons (Fsp3) is 0.227. The Kier molecular flexibility index (Phi) is 5.50. The van der Waals surface area contributed by atoms with E-state index >= 15 is 0 Å². The molecule has 0 N–H and O–H groups in total. The Morgan fingerprint density at radius 3 is 2.44 bits per heavy atom. The monoisotopic (exact) mass is 363 g/mol. The summed E-state index contributed by atoms with van der Waals surface area (Å²) in [5.74, 6) is 0.297. The van der Waals surface area contributed by atoms with Gasteiger partial charge in [0, 0.05) is 29.8 Å². The number of hydrogen-bond acceptors (Lipinski definition) is 3. The van der Waals surface area contributed by atoms with Crippen molar-refractivity contribution in [3.05, 3.63) is 88.1 Å². The first-order valence-electron chi connectivity index (χ1n) is 8.94. The van der Waals surface area contributed by atoms with Crippen LogP contribution in [0.4, 0.5) is 5.69 Å². The van der Waals surface area contributed by atoms with Gasteiger partial charge in [0.15, 0.2) is 18.5 Å². The number of ether oxygens (including phenoxy) is 1. The van der Waals surface area contributed by atoms with Crippen molar-refractivity contribution in [2.45, 2.75) is 33.4 Å². The number of rotatable bonds is 6. The quantitative estimate of drug-likeness (QED) is 0.363. The molecule has 0 fully saturated rings. The third-order valence-corrected chi connectivity index (χ3v) is 4.28. The fourth-order valence-electron chi connectivity index (χ4n) is 3.08. The standard InChI is InChI=1S/C22H23N2O3/c1-16(2)27-22-14-19(17(3)13-21(22)24(25)26)20-11-7-8-12-23(20)15-18-9-5-4-6-10-18/h4-14,16H,15H2,1-3H3/q+1. The highest BCUT2D eigenvalue weighted by molar-refractivity contribution is 5.68. The number of aryl methyl sites for hydroxylation is 1. The molecule has 27 heavy (non-hydrogen) atoms. The largest absolute Gasteiger partial charge is 0.484 e. The second kappa shape index (κ2) is 7.99. The van der Waals surface area contributed by atoms with E-state index in [9.17, 15) is 10.1 Å². The molecule has 1 heterocycles. The Labute approximate surface area is 159 Å². The summed E-state index contributed by atoms with van der Waals surface area (Å²) in [7, 11) is 0. The summed E-state index contributed by atoms with van der Waals surface area (Å²) in [5.41, 5.74) is 3.93. The molecule has 0 aliphatic carbocycles. The van der Waals surface area contributed by atoms with E-state index in [0.29, 0.717) is 12.3 Å². The summed E-state index contributed by atoms with van der Waals surface area (Å²) >= 11 is 0. The number of nitrogens with zero attached hydrogens (tertiary/aromatic N) is 2. The van der Waals surface area contributed by atoms with Crippen molar-refractivity contribution >= 4 is 5.69 Å². The van der Waals surface area contributed by atoms with E-state index in [1.165, 1.54) is 5.56 Å². The number of nitro groups is 1. The minimum Gasteiger partial charge on any atom is -0.484 e. The number of nitro benzene ring substituents is 1. The van der Waals surface area contributed by atoms with Crippen molar-refractivity contribution in [2.24, 2.45) is 0 Å². The van der Waals surface area contributed by atoms with Crippen LogP contribution in [-0.4, -0.2) is 11.0 Å². The molecule has 0 unspecified atom stereocenters. The minimum atomic E-state index is -0.391. The van der Waals surface area contributed by atoms with Gasteiger partial charge in [-0.2, -0.15) is 4.57 Å². The number of pyridine rings is 1. The molecule has 0 amide bonds. The molecule has 0 atom stereocenters. The van der Waals surface area contributed by atoms with Gasteiger partial charge in [-0.3, -0.25) is 10.1 Å². The highest BCUT2D eigenvalue weighted by atomic mass is 16.6. The van der Waals surface area contributed by atoms with E-state index in [0.717, 1.165) is 16.8 Å². The lowest BCUT2D eigenvalue weighted by Gasteiger charge is -2.13. The van der Waals surface area contributed by atoms with E-state index in [4.69, 9.17) is 4.74 Å². The van der Waals surface area contributed by atoms with Gasteiger partial charge in [-0.1, -0.05) is 30.3 Å². The lowest BCUT2D eigenvalue weighted by Crippen LogP contribution is -2.36. The zero-order valence-electron chi connectivity index (χ0n) is 15.8. The molecule has 5 heteroatoms.